The van der Waals surface area contributed by atoms with Crippen LogP contribution in [0.5, 0.6) is 5.75 Å². The number of ether oxygens (including phenoxy) is 1. The molecule has 1 unspecified atom stereocenters. The van der Waals surface area contributed by atoms with Gasteiger partial charge in [-0.1, -0.05) is 11.6 Å². The summed E-state index contributed by atoms with van der Waals surface area (Å²) < 4.78 is 7.23. The Bertz CT molecular complexity index is 1120. The molecular formula is C23H23ClN2O3S. The van der Waals surface area contributed by atoms with E-state index in [9.17, 15) is 9.90 Å². The van der Waals surface area contributed by atoms with Crippen LogP contribution in [0.15, 0.2) is 30.5 Å². The monoisotopic (exact) mass is 442 g/mol. The molecule has 0 radical (unpaired) electrons. The number of amides is 1. The van der Waals surface area contributed by atoms with Crippen molar-refractivity contribution in [2.24, 2.45) is 0 Å². The second-order valence-corrected chi connectivity index (χ2v) is 9.56. The Hall–Kier alpha value is -2.15. The predicted molar refractivity (Wildman–Crippen MR) is 119 cm³/mol. The highest BCUT2D eigenvalue weighted by atomic mass is 35.5. The van der Waals surface area contributed by atoms with Gasteiger partial charge in [0.05, 0.1) is 16.3 Å². The maximum Gasteiger partial charge on any atom is 0.263 e. The van der Waals surface area contributed by atoms with E-state index in [1.165, 1.54) is 17.8 Å². The van der Waals surface area contributed by atoms with Crippen molar-refractivity contribution in [1.82, 2.24) is 9.88 Å². The lowest BCUT2D eigenvalue weighted by molar-refractivity contribution is -0.138. The number of hydrogen-bond acceptors (Lipinski definition) is 5. The van der Waals surface area contributed by atoms with Crippen LogP contribution in [0.4, 0.5) is 0 Å². The van der Waals surface area contributed by atoms with Crippen LogP contribution in [0, 0.1) is 0 Å². The lowest BCUT2D eigenvalue weighted by Gasteiger charge is -2.28. The zero-order valence-electron chi connectivity index (χ0n) is 16.7. The summed E-state index contributed by atoms with van der Waals surface area (Å²) in [6.45, 7) is 3.37. The van der Waals surface area contributed by atoms with Gasteiger partial charge in [-0.25, -0.2) is 0 Å². The highest BCUT2D eigenvalue weighted by molar-refractivity contribution is 7.19. The summed E-state index contributed by atoms with van der Waals surface area (Å²) in [5, 5.41) is 10.6. The molecule has 0 saturated carbocycles. The van der Waals surface area contributed by atoms with E-state index in [0.717, 1.165) is 63.5 Å². The van der Waals surface area contributed by atoms with Crippen LogP contribution in [-0.4, -0.2) is 40.1 Å². The van der Waals surface area contributed by atoms with E-state index in [4.69, 9.17) is 16.3 Å². The minimum absolute atomic E-state index is 0.0698. The summed E-state index contributed by atoms with van der Waals surface area (Å²) in [4.78, 5) is 20.3. The first kappa shape index (κ1) is 19.8. The Kier molecular flexibility index (Phi) is 5.17. The van der Waals surface area contributed by atoms with Crippen molar-refractivity contribution in [3.63, 3.8) is 0 Å². The van der Waals surface area contributed by atoms with Gasteiger partial charge in [0.15, 0.2) is 6.10 Å². The molecule has 0 bridgehead atoms. The lowest BCUT2D eigenvalue weighted by atomic mass is 10.0. The Morgan fingerprint density at radius 2 is 2.07 bits per heavy atom. The molecule has 1 fully saturated rings. The van der Waals surface area contributed by atoms with Crippen molar-refractivity contribution >= 4 is 39.1 Å². The average molecular weight is 443 g/mol. The molecule has 156 valence electrons. The Labute approximate surface area is 184 Å². The first-order valence-corrected chi connectivity index (χ1v) is 11.6. The smallest absolute Gasteiger partial charge is 0.263 e. The number of aliphatic hydroxyl groups is 1. The van der Waals surface area contributed by atoms with Gasteiger partial charge in [-0.2, -0.15) is 0 Å². The van der Waals surface area contributed by atoms with Gasteiger partial charge in [0.1, 0.15) is 5.75 Å². The molecule has 2 aliphatic heterocycles. The second-order valence-electron chi connectivity index (χ2n) is 8.04. The topological polar surface area (TPSA) is 62.7 Å². The molecule has 1 saturated heterocycles. The van der Waals surface area contributed by atoms with Crippen molar-refractivity contribution in [3.8, 4) is 16.9 Å². The van der Waals surface area contributed by atoms with Crippen LogP contribution in [-0.2, 0) is 11.2 Å². The van der Waals surface area contributed by atoms with Gasteiger partial charge in [0.25, 0.3) is 5.91 Å². The highest BCUT2D eigenvalue weighted by Gasteiger charge is 2.35. The number of rotatable bonds is 3. The number of aliphatic hydroxyl groups excluding tert-OH is 1. The summed E-state index contributed by atoms with van der Waals surface area (Å²) in [6, 6.07) is 7.66. The van der Waals surface area contributed by atoms with Crippen molar-refractivity contribution in [2.75, 3.05) is 13.1 Å². The first-order valence-electron chi connectivity index (χ1n) is 10.4. The van der Waals surface area contributed by atoms with Gasteiger partial charge in [-0.3, -0.25) is 9.78 Å². The summed E-state index contributed by atoms with van der Waals surface area (Å²) in [5.41, 5.74) is 3.63. The number of carbonyl (C=O) groups is 1. The number of fused-ring (bicyclic) bond motifs is 2. The average Bonchev–Trinajstić information content (AvgIpc) is 3.37. The standard InChI is InChI=1S/C23H23ClN2O3S/c1-13(27)20-12-18-22(30-20)16(5-6-25-18)17-11-15(24)9-14-10-19(29-21(14)17)23(28)26-7-3-2-4-8-26/h5-6,9,11-13,19,27H,2-4,7-8,10H2,1H3/t13?,19-/m1/s1. The molecule has 0 spiro atoms. The summed E-state index contributed by atoms with van der Waals surface area (Å²) in [6.07, 6.45) is 4.55. The molecule has 5 rings (SSSR count). The van der Waals surface area contributed by atoms with Gasteiger partial charge in [0.2, 0.25) is 0 Å². The van der Waals surface area contributed by atoms with E-state index >= 15 is 0 Å². The van der Waals surface area contributed by atoms with Crippen molar-refractivity contribution in [1.29, 1.82) is 0 Å². The van der Waals surface area contributed by atoms with E-state index in [-0.39, 0.29) is 5.91 Å². The van der Waals surface area contributed by atoms with Crippen molar-refractivity contribution < 1.29 is 14.6 Å². The van der Waals surface area contributed by atoms with E-state index in [2.05, 4.69) is 4.98 Å². The number of carbonyl (C=O) groups excluding carboxylic acids is 1. The largest absolute Gasteiger partial charge is 0.479 e. The number of pyridine rings is 1. The molecule has 7 heteroatoms. The third kappa shape index (κ3) is 3.47. The van der Waals surface area contributed by atoms with Gasteiger partial charge in [-0.05, 0) is 50.5 Å². The van der Waals surface area contributed by atoms with E-state index in [0.29, 0.717) is 11.4 Å². The normalized spacial score (nSPS) is 19.6. The van der Waals surface area contributed by atoms with Crippen LogP contribution in [0.25, 0.3) is 21.3 Å². The minimum atomic E-state index is -0.551. The van der Waals surface area contributed by atoms with Crippen LogP contribution >= 0.6 is 22.9 Å². The number of aromatic nitrogens is 1. The van der Waals surface area contributed by atoms with E-state index in [1.807, 2.05) is 29.2 Å². The molecule has 30 heavy (non-hydrogen) atoms. The number of likely N-dealkylation sites (tertiary alicyclic amines) is 1. The molecule has 1 N–H and O–H groups in total. The fraction of sp³-hybridized carbons (Fsp3) is 0.391. The number of halogens is 1. The maximum atomic E-state index is 13.0. The third-order valence-electron chi connectivity index (χ3n) is 5.87. The fourth-order valence-electron chi connectivity index (χ4n) is 4.35. The first-order chi connectivity index (χ1) is 14.5. The maximum absolute atomic E-state index is 13.0. The highest BCUT2D eigenvalue weighted by Crippen LogP contribution is 2.45. The van der Waals surface area contributed by atoms with Gasteiger partial charge in [0, 0.05) is 52.3 Å². The quantitative estimate of drug-likeness (QED) is 0.621. The van der Waals surface area contributed by atoms with E-state index in [1.54, 1.807) is 13.1 Å². The molecule has 1 amide bonds. The third-order valence-corrected chi connectivity index (χ3v) is 7.42. The number of nitrogens with zero attached hydrogens (tertiary/aromatic N) is 2. The van der Waals surface area contributed by atoms with Crippen LogP contribution in [0.2, 0.25) is 5.02 Å². The lowest BCUT2D eigenvalue weighted by Crippen LogP contribution is -2.43. The Balaban J connectivity index is 1.54. The Morgan fingerprint density at radius 3 is 2.83 bits per heavy atom. The molecular weight excluding hydrogens is 420 g/mol. The number of benzene rings is 1. The summed E-state index contributed by atoms with van der Waals surface area (Å²) in [7, 11) is 0. The van der Waals surface area contributed by atoms with E-state index < -0.39 is 12.2 Å². The van der Waals surface area contributed by atoms with Gasteiger partial charge >= 0.3 is 0 Å². The summed E-state index contributed by atoms with van der Waals surface area (Å²) >= 11 is 7.98. The van der Waals surface area contributed by atoms with Gasteiger partial charge in [-0.15, -0.1) is 11.3 Å². The minimum Gasteiger partial charge on any atom is -0.479 e. The molecule has 1 aromatic carbocycles. The van der Waals surface area contributed by atoms with Crippen molar-refractivity contribution in [3.05, 3.63) is 45.9 Å². The Morgan fingerprint density at radius 1 is 1.27 bits per heavy atom. The number of thiophene rings is 1. The molecule has 5 nitrogen and oxygen atoms in total. The predicted octanol–water partition coefficient (Wildman–Crippen LogP) is 4.99. The van der Waals surface area contributed by atoms with Gasteiger partial charge < -0.3 is 14.7 Å². The molecule has 3 aromatic rings. The van der Waals surface area contributed by atoms with Crippen LogP contribution in [0.1, 0.15) is 42.7 Å². The van der Waals surface area contributed by atoms with Crippen LogP contribution in [0.3, 0.4) is 0 Å². The second kappa shape index (κ2) is 7.84. The molecule has 2 aromatic heterocycles. The summed E-state index contributed by atoms with van der Waals surface area (Å²) in [5.74, 6) is 0.801. The fourth-order valence-corrected chi connectivity index (χ4v) is 5.68. The molecule has 0 aliphatic carbocycles. The van der Waals surface area contributed by atoms with Crippen molar-refractivity contribution in [2.45, 2.75) is 44.8 Å². The number of piperidine rings is 1. The molecule has 2 atom stereocenters. The SMILES string of the molecule is CC(O)c1cc2nccc(-c3cc(Cl)cc4c3O[C@@H](C(=O)N3CCCCC3)C4)c2s1. The van der Waals surface area contributed by atoms with Crippen LogP contribution < -0.4 is 4.74 Å². The zero-order valence-corrected chi connectivity index (χ0v) is 18.3. The molecule has 2 aliphatic rings. The molecule has 4 heterocycles. The zero-order chi connectivity index (χ0) is 20.8. The number of hydrogen-bond donors (Lipinski definition) is 1.